The van der Waals surface area contributed by atoms with E-state index < -0.39 is 42.1 Å². The quantitative estimate of drug-likeness (QED) is 0.0343. The molecule has 2 fully saturated rings. The Morgan fingerprint density at radius 1 is 0.338 bits per heavy atom. The zero-order valence-electron chi connectivity index (χ0n) is 47.8. The number of rotatable bonds is 34. The van der Waals surface area contributed by atoms with Crippen LogP contribution >= 0.6 is 0 Å². The molecule has 2 heterocycles. The summed E-state index contributed by atoms with van der Waals surface area (Å²) in [5, 5.41) is 0. The van der Waals surface area contributed by atoms with Crippen LogP contribution < -0.4 is 29.9 Å². The third-order valence-electron chi connectivity index (χ3n) is 15.1. The highest BCUT2D eigenvalue weighted by Crippen LogP contribution is 2.53. The fourth-order valence-electron chi connectivity index (χ4n) is 9.57. The fourth-order valence-corrected chi connectivity index (χ4v) is 9.57. The highest BCUT2D eigenvalue weighted by Gasteiger charge is 2.54. The van der Waals surface area contributed by atoms with Crippen LogP contribution in [-0.4, -0.2) is 171 Å². The Hall–Kier alpha value is -4.27. The molecule has 16 nitrogen and oxygen atoms in total. The van der Waals surface area contributed by atoms with Gasteiger partial charge in [0, 0.05) is 46.0 Å². The first-order chi connectivity index (χ1) is 36.9. The maximum Gasteiger partial charge on any atom is 0.494 e. The van der Waals surface area contributed by atoms with Crippen molar-refractivity contribution in [3.05, 3.63) is 95.1 Å². The molecule has 4 aromatic rings. The van der Waals surface area contributed by atoms with Crippen LogP contribution in [-0.2, 0) is 74.8 Å². The van der Waals surface area contributed by atoms with E-state index in [0.29, 0.717) is 142 Å². The van der Waals surface area contributed by atoms with Crippen LogP contribution in [0.2, 0.25) is 0 Å². The van der Waals surface area contributed by atoms with Crippen LogP contribution in [0.25, 0.3) is 11.1 Å². The molecule has 0 saturated carbocycles. The lowest BCUT2D eigenvalue weighted by Gasteiger charge is -2.34. The summed E-state index contributed by atoms with van der Waals surface area (Å²) >= 11 is 0. The predicted octanol–water partition coefficient (Wildman–Crippen LogP) is 7.20. The molecule has 422 valence electrons. The van der Waals surface area contributed by atoms with E-state index in [1.54, 1.807) is 28.4 Å². The second-order valence-corrected chi connectivity index (χ2v) is 21.7. The van der Waals surface area contributed by atoms with Crippen molar-refractivity contribution in [1.29, 1.82) is 0 Å². The Bertz CT molecular complexity index is 2210. The summed E-state index contributed by atoms with van der Waals surface area (Å²) in [7, 11) is 5.39. The van der Waals surface area contributed by atoms with Gasteiger partial charge in [0.2, 0.25) is 0 Å². The first kappa shape index (κ1) is 60.4. The van der Waals surface area contributed by atoms with Crippen molar-refractivity contribution in [1.82, 2.24) is 0 Å². The third-order valence-corrected chi connectivity index (χ3v) is 15.1. The normalized spacial score (nSPS) is 17.4. The summed E-state index contributed by atoms with van der Waals surface area (Å²) in [6.45, 7) is 23.3. The van der Waals surface area contributed by atoms with Gasteiger partial charge in [0.15, 0.2) is 0 Å². The molecule has 2 aliphatic heterocycles. The van der Waals surface area contributed by atoms with Gasteiger partial charge in [-0.3, -0.25) is 0 Å². The van der Waals surface area contributed by atoms with Gasteiger partial charge in [-0.1, -0.05) is 36.4 Å². The van der Waals surface area contributed by atoms with Gasteiger partial charge in [-0.25, -0.2) is 0 Å². The lowest BCUT2D eigenvalue weighted by Crippen LogP contribution is -2.41. The first-order valence-electron chi connectivity index (χ1n) is 27.0. The minimum atomic E-state index is -0.783. The summed E-state index contributed by atoms with van der Waals surface area (Å²) in [5.74, 6) is 2.57. The van der Waals surface area contributed by atoms with Gasteiger partial charge in [-0.05, 0) is 137 Å². The molecule has 18 heteroatoms. The van der Waals surface area contributed by atoms with Gasteiger partial charge in [-0.2, -0.15) is 0 Å². The van der Waals surface area contributed by atoms with Crippen molar-refractivity contribution < 1.29 is 75.5 Å². The number of methoxy groups -OCH3 is 4. The first-order valence-corrected chi connectivity index (χ1v) is 27.0. The predicted molar refractivity (Wildman–Crippen MR) is 297 cm³/mol. The van der Waals surface area contributed by atoms with Crippen molar-refractivity contribution >= 4 is 25.2 Å². The molecule has 0 unspecified atom stereocenters. The van der Waals surface area contributed by atoms with Crippen molar-refractivity contribution in [3.63, 3.8) is 0 Å². The van der Waals surface area contributed by atoms with Gasteiger partial charge in [0.05, 0.1) is 102 Å². The Morgan fingerprint density at radius 3 is 0.883 bits per heavy atom. The third kappa shape index (κ3) is 15.6. The SMILES string of the molecule is COCCOCCOc1cc(CC2(Cc3cc(OCCOCCOC)cc(OCCOCCOC)c3)c3cc(B4OC(C)(C)C(C)(C)O4)ccc3-c3ccc(B4OC(C)(C)C(C)(C)O4)cc32)cc(OCCOCCOC)c1. The Balaban J connectivity index is 1.39. The minimum Gasteiger partial charge on any atom is -0.491 e. The van der Waals surface area contributed by atoms with Crippen molar-refractivity contribution in [3.8, 4) is 34.1 Å². The summed E-state index contributed by atoms with van der Waals surface area (Å²) < 4.78 is 97.0. The van der Waals surface area contributed by atoms with Crippen molar-refractivity contribution in [2.24, 2.45) is 0 Å². The Labute approximate surface area is 458 Å². The highest BCUT2D eigenvalue weighted by atomic mass is 16.7. The van der Waals surface area contributed by atoms with E-state index in [1.807, 2.05) is 12.1 Å². The van der Waals surface area contributed by atoms with E-state index in [2.05, 4.69) is 116 Å². The van der Waals surface area contributed by atoms with Crippen molar-refractivity contribution in [2.45, 2.75) is 96.1 Å². The van der Waals surface area contributed by atoms with Gasteiger partial charge in [0.1, 0.15) is 49.4 Å². The van der Waals surface area contributed by atoms with Crippen LogP contribution in [0.5, 0.6) is 23.0 Å². The monoisotopic (exact) mass is 1070 g/mol. The molecule has 3 aliphatic rings. The van der Waals surface area contributed by atoms with E-state index in [0.717, 1.165) is 44.3 Å². The van der Waals surface area contributed by atoms with Crippen LogP contribution in [0.1, 0.15) is 77.6 Å². The van der Waals surface area contributed by atoms with E-state index in [-0.39, 0.29) is 0 Å². The molecule has 0 radical (unpaired) electrons. The number of fused-ring (bicyclic) bond motifs is 3. The van der Waals surface area contributed by atoms with Gasteiger partial charge >= 0.3 is 14.2 Å². The molecule has 77 heavy (non-hydrogen) atoms. The minimum absolute atomic E-state index is 0.322. The van der Waals surface area contributed by atoms with E-state index in [1.165, 1.54) is 0 Å². The van der Waals surface area contributed by atoms with Crippen molar-refractivity contribution in [2.75, 3.05) is 134 Å². The Morgan fingerprint density at radius 2 is 0.610 bits per heavy atom. The van der Waals surface area contributed by atoms with Gasteiger partial charge in [0.25, 0.3) is 0 Å². The average molecular weight is 1070 g/mol. The smallest absolute Gasteiger partial charge is 0.491 e. The lowest BCUT2D eigenvalue weighted by molar-refractivity contribution is 0.00578. The maximum absolute atomic E-state index is 6.76. The number of hydrogen-bond acceptors (Lipinski definition) is 16. The molecule has 2 saturated heterocycles. The molecular formula is C59H84B2O16. The van der Waals surface area contributed by atoms with E-state index >= 15 is 0 Å². The molecule has 0 bridgehead atoms. The standard InChI is InChI=1S/C59H84B2O16/c1-55(2)56(3,4)75-60(74-55)45-13-15-51-52-16-14-46(61-76-57(5,6)58(7,8)77-61)38-54(52)59(53(51)37-45,41-43-33-47(70-29-25-66-21-17-62-9)39-48(34-43)71-30-26-67-22-18-63-10)42-44-35-49(72-31-27-68-23-19-64-11)40-50(36-44)73-32-28-69-24-20-65-12/h13-16,33-40H,17-32,41-42H2,1-12H3. The fraction of sp³-hybridized carbons (Fsp3) is 0.593. The molecule has 0 spiro atoms. The van der Waals surface area contributed by atoms with Crippen LogP contribution in [0.4, 0.5) is 0 Å². The molecule has 7 rings (SSSR count). The van der Waals surface area contributed by atoms with Gasteiger partial charge in [-0.15, -0.1) is 0 Å². The molecule has 4 aromatic carbocycles. The topological polar surface area (TPSA) is 148 Å². The zero-order valence-corrected chi connectivity index (χ0v) is 47.8. The van der Waals surface area contributed by atoms with Gasteiger partial charge < -0.3 is 75.5 Å². The largest absolute Gasteiger partial charge is 0.494 e. The average Bonchev–Trinajstić information content (AvgIpc) is 4.03. The van der Waals surface area contributed by atoms with E-state index in [9.17, 15) is 0 Å². The Kier molecular flexibility index (Phi) is 21.8. The molecule has 0 aromatic heterocycles. The van der Waals surface area contributed by atoms with Crippen LogP contribution in [0.15, 0.2) is 72.8 Å². The number of ether oxygens (including phenoxy) is 12. The second-order valence-electron chi connectivity index (χ2n) is 21.7. The summed E-state index contributed by atoms with van der Waals surface area (Å²) in [5.41, 5.74) is 5.15. The summed E-state index contributed by atoms with van der Waals surface area (Å²) in [6.07, 6.45) is 0.994. The second kappa shape index (κ2) is 27.7. The van der Waals surface area contributed by atoms with E-state index in [4.69, 9.17) is 75.5 Å². The number of benzene rings is 4. The maximum atomic E-state index is 6.76. The molecule has 0 atom stereocenters. The summed E-state index contributed by atoms with van der Waals surface area (Å²) in [6, 6.07) is 25.5. The molecule has 0 N–H and O–H groups in total. The lowest BCUT2D eigenvalue weighted by atomic mass is 9.66. The van der Waals surface area contributed by atoms with Crippen LogP contribution in [0, 0.1) is 0 Å². The summed E-state index contributed by atoms with van der Waals surface area (Å²) in [4.78, 5) is 0. The molecular weight excluding hydrogens is 986 g/mol. The van der Waals surface area contributed by atoms with Crippen LogP contribution in [0.3, 0.4) is 0 Å². The molecule has 0 amide bonds. The zero-order chi connectivity index (χ0) is 55.1. The highest BCUT2D eigenvalue weighted by molar-refractivity contribution is 6.62. The molecule has 1 aliphatic carbocycles. The number of hydrogen-bond donors (Lipinski definition) is 0.